The van der Waals surface area contributed by atoms with Crippen LogP contribution in [-0.4, -0.2) is 17.8 Å². The molecule has 0 saturated heterocycles. The van der Waals surface area contributed by atoms with Crippen LogP contribution >= 0.6 is 11.6 Å². The molecule has 1 amide bonds. The smallest absolute Gasteiger partial charge is 0.251 e. The lowest BCUT2D eigenvalue weighted by atomic mass is 9.83. The fraction of sp³-hybridized carbons (Fsp3) is 0.588. The molecule has 0 heterocycles. The highest BCUT2D eigenvalue weighted by atomic mass is 35.5. The maximum absolute atomic E-state index is 12.4. The molecular formula is C17H24ClNO. The number of nitrogens with one attached hydrogen (secondary N) is 1. The molecule has 1 aliphatic carbocycles. The Bertz CT molecular complexity index is 478. The zero-order chi connectivity index (χ0) is 14.8. The van der Waals surface area contributed by atoms with Crippen LogP contribution in [0.15, 0.2) is 24.3 Å². The molecule has 2 unspecified atom stereocenters. The van der Waals surface area contributed by atoms with Crippen molar-refractivity contribution in [2.24, 2.45) is 5.92 Å². The fourth-order valence-corrected chi connectivity index (χ4v) is 3.25. The summed E-state index contributed by atoms with van der Waals surface area (Å²) in [6, 6.07) is 7.85. The summed E-state index contributed by atoms with van der Waals surface area (Å²) in [5.74, 6) is 0.439. The van der Waals surface area contributed by atoms with Crippen LogP contribution in [0.1, 0.15) is 56.0 Å². The van der Waals surface area contributed by atoms with Gasteiger partial charge in [0.05, 0.1) is 0 Å². The summed E-state index contributed by atoms with van der Waals surface area (Å²) < 4.78 is 0. The van der Waals surface area contributed by atoms with Gasteiger partial charge in [0.25, 0.3) is 5.91 Å². The van der Waals surface area contributed by atoms with Crippen molar-refractivity contribution in [2.45, 2.75) is 50.8 Å². The standard InChI is InChI=1S/C17H24ClNO/c1-17(2,3)14-9-5-4-8-13(14)16(20)19-11-12-7-6-10-15(12)18/h4-5,8-9,12,15H,6-7,10-11H2,1-3H3,(H,19,20). The van der Waals surface area contributed by atoms with Gasteiger partial charge in [-0.05, 0) is 35.8 Å². The molecule has 2 atom stereocenters. The van der Waals surface area contributed by atoms with Crippen LogP contribution in [0.4, 0.5) is 0 Å². The van der Waals surface area contributed by atoms with E-state index in [9.17, 15) is 4.79 Å². The number of carbonyl (C=O) groups excluding carboxylic acids is 1. The van der Waals surface area contributed by atoms with E-state index in [0.29, 0.717) is 12.5 Å². The third-order valence-corrected chi connectivity index (χ3v) is 4.65. The summed E-state index contributed by atoms with van der Waals surface area (Å²) in [4.78, 5) is 12.4. The number of rotatable bonds is 3. The summed E-state index contributed by atoms with van der Waals surface area (Å²) in [7, 11) is 0. The van der Waals surface area contributed by atoms with Crippen LogP contribution in [0.5, 0.6) is 0 Å². The van der Waals surface area contributed by atoms with E-state index >= 15 is 0 Å². The molecule has 3 heteroatoms. The number of amides is 1. The molecule has 2 rings (SSSR count). The van der Waals surface area contributed by atoms with Crippen LogP contribution in [-0.2, 0) is 5.41 Å². The first-order valence-corrected chi connectivity index (χ1v) is 7.85. The molecule has 0 aromatic heterocycles. The minimum Gasteiger partial charge on any atom is -0.352 e. The Hall–Kier alpha value is -1.02. The van der Waals surface area contributed by atoms with Gasteiger partial charge in [-0.15, -0.1) is 11.6 Å². The van der Waals surface area contributed by atoms with Gasteiger partial charge in [0.1, 0.15) is 0 Å². The number of alkyl halides is 1. The van der Waals surface area contributed by atoms with Crippen LogP contribution in [0.25, 0.3) is 0 Å². The van der Waals surface area contributed by atoms with Crippen molar-refractivity contribution >= 4 is 17.5 Å². The lowest BCUT2D eigenvalue weighted by molar-refractivity contribution is 0.0945. The minimum atomic E-state index is -0.0314. The Kier molecular flexibility index (Phi) is 4.74. The van der Waals surface area contributed by atoms with Crippen molar-refractivity contribution in [3.05, 3.63) is 35.4 Å². The maximum atomic E-state index is 12.4. The van der Waals surface area contributed by atoms with E-state index in [1.165, 1.54) is 6.42 Å². The van der Waals surface area contributed by atoms with E-state index in [0.717, 1.165) is 24.0 Å². The lowest BCUT2D eigenvalue weighted by Gasteiger charge is -2.23. The Morgan fingerprint density at radius 2 is 2.00 bits per heavy atom. The van der Waals surface area contributed by atoms with Crippen molar-refractivity contribution in [3.8, 4) is 0 Å². The summed E-state index contributed by atoms with van der Waals surface area (Å²) in [5, 5.41) is 3.28. The van der Waals surface area contributed by atoms with Gasteiger partial charge in [-0.25, -0.2) is 0 Å². The number of halogens is 1. The van der Waals surface area contributed by atoms with Gasteiger partial charge in [-0.3, -0.25) is 4.79 Å². The van der Waals surface area contributed by atoms with Gasteiger partial charge in [-0.1, -0.05) is 45.4 Å². The monoisotopic (exact) mass is 293 g/mol. The topological polar surface area (TPSA) is 29.1 Å². The fourth-order valence-electron chi connectivity index (χ4n) is 2.88. The Balaban J connectivity index is 2.06. The Morgan fingerprint density at radius 1 is 1.30 bits per heavy atom. The van der Waals surface area contributed by atoms with Crippen molar-refractivity contribution in [1.82, 2.24) is 5.32 Å². The molecule has 1 saturated carbocycles. The van der Waals surface area contributed by atoms with Crippen LogP contribution in [0, 0.1) is 5.92 Å². The van der Waals surface area contributed by atoms with Crippen molar-refractivity contribution in [2.75, 3.05) is 6.54 Å². The molecule has 2 nitrogen and oxygen atoms in total. The molecule has 0 bridgehead atoms. The largest absolute Gasteiger partial charge is 0.352 e. The third-order valence-electron chi connectivity index (χ3n) is 4.07. The van der Waals surface area contributed by atoms with Crippen LogP contribution in [0.2, 0.25) is 0 Å². The average Bonchev–Trinajstić information content (AvgIpc) is 2.80. The molecule has 0 aliphatic heterocycles. The van der Waals surface area contributed by atoms with Crippen molar-refractivity contribution < 1.29 is 4.79 Å². The van der Waals surface area contributed by atoms with E-state index in [4.69, 9.17) is 11.6 Å². The minimum absolute atomic E-state index is 0.0197. The highest BCUT2D eigenvalue weighted by Gasteiger charge is 2.26. The molecule has 20 heavy (non-hydrogen) atoms. The van der Waals surface area contributed by atoms with Crippen LogP contribution in [0.3, 0.4) is 0 Å². The Labute approximate surface area is 126 Å². The van der Waals surface area contributed by atoms with E-state index < -0.39 is 0 Å². The second kappa shape index (κ2) is 6.17. The maximum Gasteiger partial charge on any atom is 0.251 e. The number of hydrogen-bond acceptors (Lipinski definition) is 1. The summed E-state index contributed by atoms with van der Waals surface area (Å²) in [5.41, 5.74) is 1.84. The molecule has 1 aliphatic rings. The van der Waals surface area contributed by atoms with Crippen LogP contribution < -0.4 is 5.32 Å². The molecule has 1 aromatic carbocycles. The molecule has 0 spiro atoms. The van der Waals surface area contributed by atoms with Gasteiger partial charge in [-0.2, -0.15) is 0 Å². The van der Waals surface area contributed by atoms with Gasteiger partial charge in [0.15, 0.2) is 0 Å². The quantitative estimate of drug-likeness (QED) is 0.835. The Morgan fingerprint density at radius 3 is 2.60 bits per heavy atom. The van der Waals surface area contributed by atoms with E-state index in [1.54, 1.807) is 0 Å². The lowest BCUT2D eigenvalue weighted by Crippen LogP contribution is -2.32. The van der Waals surface area contributed by atoms with E-state index in [-0.39, 0.29) is 16.7 Å². The van der Waals surface area contributed by atoms with E-state index in [2.05, 4.69) is 26.1 Å². The van der Waals surface area contributed by atoms with E-state index in [1.807, 2.05) is 24.3 Å². The highest BCUT2D eigenvalue weighted by molar-refractivity contribution is 6.21. The predicted molar refractivity (Wildman–Crippen MR) is 84.5 cm³/mol. The molecule has 1 fully saturated rings. The number of carbonyl (C=O) groups is 1. The third kappa shape index (κ3) is 3.54. The summed E-state index contributed by atoms with van der Waals surface area (Å²) >= 11 is 6.26. The zero-order valence-electron chi connectivity index (χ0n) is 12.6. The molecule has 1 aromatic rings. The zero-order valence-corrected chi connectivity index (χ0v) is 13.3. The first kappa shape index (κ1) is 15.4. The van der Waals surface area contributed by atoms with Gasteiger partial charge < -0.3 is 5.32 Å². The first-order chi connectivity index (χ1) is 9.39. The summed E-state index contributed by atoms with van der Waals surface area (Å²) in [6.45, 7) is 7.08. The molecule has 110 valence electrons. The predicted octanol–water partition coefficient (Wildman–Crippen LogP) is 4.12. The van der Waals surface area contributed by atoms with Gasteiger partial charge in [0.2, 0.25) is 0 Å². The highest BCUT2D eigenvalue weighted by Crippen LogP contribution is 2.30. The number of benzene rings is 1. The summed E-state index contributed by atoms with van der Waals surface area (Å²) in [6.07, 6.45) is 3.36. The SMILES string of the molecule is CC(C)(C)c1ccccc1C(=O)NCC1CCCC1Cl. The average molecular weight is 294 g/mol. The second-order valence-corrected chi connectivity index (χ2v) is 7.27. The second-order valence-electron chi connectivity index (χ2n) is 6.71. The van der Waals surface area contributed by atoms with Gasteiger partial charge >= 0.3 is 0 Å². The molecule has 0 radical (unpaired) electrons. The first-order valence-electron chi connectivity index (χ1n) is 7.41. The van der Waals surface area contributed by atoms with Gasteiger partial charge in [0, 0.05) is 17.5 Å². The van der Waals surface area contributed by atoms with Crippen molar-refractivity contribution in [3.63, 3.8) is 0 Å². The molecule has 1 N–H and O–H groups in total. The van der Waals surface area contributed by atoms with Crippen molar-refractivity contribution in [1.29, 1.82) is 0 Å². The number of hydrogen-bond donors (Lipinski definition) is 1. The molecular weight excluding hydrogens is 270 g/mol. The normalized spacial score (nSPS) is 22.8.